The topological polar surface area (TPSA) is 45.5 Å². The quantitative estimate of drug-likeness (QED) is 0.940. The Bertz CT molecular complexity index is 597. The molecule has 0 aliphatic carbocycles. The molecule has 0 saturated carbocycles. The number of nitrogens with zero attached hydrogens (tertiary/aromatic N) is 2. The van der Waals surface area contributed by atoms with Crippen molar-refractivity contribution in [2.75, 3.05) is 13.1 Å². The molecule has 0 bridgehead atoms. The number of aromatic nitrogens is 1. The smallest absolute Gasteiger partial charge is 0.266 e. The summed E-state index contributed by atoms with van der Waals surface area (Å²) >= 11 is 1.45. The highest BCUT2D eigenvalue weighted by atomic mass is 32.1. The van der Waals surface area contributed by atoms with E-state index in [-0.39, 0.29) is 5.91 Å². The van der Waals surface area contributed by atoms with Crippen LogP contribution in [-0.2, 0) is 0 Å². The highest BCUT2D eigenvalue weighted by Crippen LogP contribution is 2.30. The summed E-state index contributed by atoms with van der Waals surface area (Å²) in [4.78, 5) is 15.0. The van der Waals surface area contributed by atoms with E-state index in [4.69, 9.17) is 0 Å². The van der Waals surface area contributed by atoms with Gasteiger partial charge in [-0.15, -0.1) is 11.3 Å². The van der Waals surface area contributed by atoms with Crippen LogP contribution in [0.15, 0.2) is 36.0 Å². The standard InChI is InChI=1S/C15H18N2O2S/c1-2-6-15(19)10-17(11-15)14(18)13-12(5-9-20-13)16-7-3-4-8-16/h3-5,7-9,19H,2,6,10-11H2,1H3. The third-order valence-electron chi connectivity index (χ3n) is 3.69. The van der Waals surface area contributed by atoms with Gasteiger partial charge >= 0.3 is 0 Å². The average Bonchev–Trinajstić information content (AvgIpc) is 3.04. The second kappa shape index (κ2) is 5.07. The molecule has 5 heteroatoms. The van der Waals surface area contributed by atoms with Crippen LogP contribution in [0.3, 0.4) is 0 Å². The molecule has 0 radical (unpaired) electrons. The molecule has 1 N–H and O–H groups in total. The number of amides is 1. The lowest BCUT2D eigenvalue weighted by atomic mass is 9.89. The third-order valence-corrected chi connectivity index (χ3v) is 4.59. The van der Waals surface area contributed by atoms with Crippen molar-refractivity contribution in [2.24, 2.45) is 0 Å². The van der Waals surface area contributed by atoms with E-state index in [2.05, 4.69) is 0 Å². The Morgan fingerprint density at radius 1 is 1.40 bits per heavy atom. The zero-order valence-electron chi connectivity index (χ0n) is 11.5. The van der Waals surface area contributed by atoms with Crippen LogP contribution in [0, 0.1) is 0 Å². The number of carbonyl (C=O) groups excluding carboxylic acids is 1. The van der Waals surface area contributed by atoms with Crippen molar-refractivity contribution in [1.29, 1.82) is 0 Å². The molecular weight excluding hydrogens is 272 g/mol. The fourth-order valence-corrected chi connectivity index (χ4v) is 3.59. The highest BCUT2D eigenvalue weighted by molar-refractivity contribution is 7.12. The molecule has 1 aliphatic rings. The van der Waals surface area contributed by atoms with Crippen LogP contribution in [-0.4, -0.2) is 39.2 Å². The van der Waals surface area contributed by atoms with Crippen molar-refractivity contribution in [2.45, 2.75) is 25.4 Å². The normalized spacial score (nSPS) is 17.0. The number of rotatable bonds is 4. The minimum Gasteiger partial charge on any atom is -0.386 e. The number of likely N-dealkylation sites (tertiary alicyclic amines) is 1. The molecule has 1 amide bonds. The average molecular weight is 290 g/mol. The number of carbonyl (C=O) groups is 1. The van der Waals surface area contributed by atoms with Crippen LogP contribution >= 0.6 is 11.3 Å². The molecule has 0 aromatic carbocycles. The van der Waals surface area contributed by atoms with Gasteiger partial charge in [0.2, 0.25) is 0 Å². The van der Waals surface area contributed by atoms with Gasteiger partial charge in [-0.3, -0.25) is 4.79 Å². The molecule has 1 saturated heterocycles. The Hall–Kier alpha value is -1.59. The summed E-state index contributed by atoms with van der Waals surface area (Å²) in [6.45, 7) is 2.94. The number of β-amino-alcohol motifs (C(OH)–C–C–N with tert-alkyl or cyclic N) is 1. The van der Waals surface area contributed by atoms with E-state index in [1.165, 1.54) is 11.3 Å². The van der Waals surface area contributed by atoms with Gasteiger partial charge in [0.05, 0.1) is 24.4 Å². The first-order chi connectivity index (χ1) is 9.63. The lowest BCUT2D eigenvalue weighted by molar-refractivity contribution is -0.0858. The Kier molecular flexibility index (Phi) is 3.40. The fraction of sp³-hybridized carbons (Fsp3) is 0.400. The van der Waals surface area contributed by atoms with Gasteiger partial charge in [-0.1, -0.05) is 13.3 Å². The number of aliphatic hydroxyl groups is 1. The molecular formula is C15H18N2O2S. The van der Waals surface area contributed by atoms with Crippen molar-refractivity contribution in [3.05, 3.63) is 40.8 Å². The highest BCUT2D eigenvalue weighted by Gasteiger charge is 2.43. The summed E-state index contributed by atoms with van der Waals surface area (Å²) in [6, 6.07) is 5.83. The van der Waals surface area contributed by atoms with E-state index in [9.17, 15) is 9.90 Å². The third kappa shape index (κ3) is 2.27. The van der Waals surface area contributed by atoms with Gasteiger partial charge < -0.3 is 14.6 Å². The number of hydrogen-bond donors (Lipinski definition) is 1. The van der Waals surface area contributed by atoms with E-state index in [1.54, 1.807) is 4.90 Å². The SMILES string of the molecule is CCCC1(O)CN(C(=O)c2sccc2-n2cccc2)C1. The van der Waals surface area contributed by atoms with Crippen molar-refractivity contribution < 1.29 is 9.90 Å². The maximum absolute atomic E-state index is 12.5. The minimum atomic E-state index is -0.671. The Morgan fingerprint density at radius 2 is 2.10 bits per heavy atom. The Morgan fingerprint density at radius 3 is 2.75 bits per heavy atom. The van der Waals surface area contributed by atoms with Crippen molar-refractivity contribution in [1.82, 2.24) is 9.47 Å². The molecule has 0 spiro atoms. The molecule has 20 heavy (non-hydrogen) atoms. The van der Waals surface area contributed by atoms with Crippen molar-refractivity contribution >= 4 is 17.2 Å². The monoisotopic (exact) mass is 290 g/mol. The second-order valence-electron chi connectivity index (χ2n) is 5.36. The maximum Gasteiger partial charge on any atom is 0.266 e. The molecule has 106 valence electrons. The zero-order chi connectivity index (χ0) is 14.2. The molecule has 1 aliphatic heterocycles. The first-order valence-corrected chi connectivity index (χ1v) is 7.73. The predicted molar refractivity (Wildman–Crippen MR) is 79.4 cm³/mol. The van der Waals surface area contributed by atoms with Gasteiger partial charge in [-0.2, -0.15) is 0 Å². The van der Waals surface area contributed by atoms with Gasteiger partial charge in [0.1, 0.15) is 4.88 Å². The summed E-state index contributed by atoms with van der Waals surface area (Å²) in [7, 11) is 0. The van der Waals surface area contributed by atoms with Crippen LogP contribution < -0.4 is 0 Å². The first kappa shape index (κ1) is 13.4. The van der Waals surface area contributed by atoms with E-state index in [0.29, 0.717) is 13.1 Å². The van der Waals surface area contributed by atoms with Gasteiger partial charge in [0.15, 0.2) is 0 Å². The summed E-state index contributed by atoms with van der Waals surface area (Å²) in [6.07, 6.45) is 5.56. The van der Waals surface area contributed by atoms with Gasteiger partial charge in [0.25, 0.3) is 5.91 Å². The molecule has 4 nitrogen and oxygen atoms in total. The zero-order valence-corrected chi connectivity index (χ0v) is 12.3. The summed E-state index contributed by atoms with van der Waals surface area (Å²) < 4.78 is 1.95. The van der Waals surface area contributed by atoms with Crippen LogP contribution in [0.4, 0.5) is 0 Å². The predicted octanol–water partition coefficient (Wildman–Crippen LogP) is 2.53. The Labute approximate surface area is 122 Å². The second-order valence-corrected chi connectivity index (χ2v) is 6.28. The van der Waals surface area contributed by atoms with Gasteiger partial charge in [-0.25, -0.2) is 0 Å². The number of hydrogen-bond acceptors (Lipinski definition) is 3. The van der Waals surface area contributed by atoms with E-state index in [0.717, 1.165) is 23.4 Å². The van der Waals surface area contributed by atoms with Crippen molar-refractivity contribution in [3.8, 4) is 5.69 Å². The van der Waals surface area contributed by atoms with Gasteiger partial charge in [-0.05, 0) is 30.0 Å². The molecule has 2 aromatic heterocycles. The first-order valence-electron chi connectivity index (χ1n) is 6.85. The van der Waals surface area contributed by atoms with Crippen LogP contribution in [0.25, 0.3) is 5.69 Å². The summed E-state index contributed by atoms with van der Waals surface area (Å²) in [5.74, 6) is 0.0180. The molecule has 3 rings (SSSR count). The molecule has 0 unspecified atom stereocenters. The minimum absolute atomic E-state index is 0.0180. The molecule has 1 fully saturated rings. The Balaban J connectivity index is 1.76. The van der Waals surface area contributed by atoms with E-state index >= 15 is 0 Å². The molecule has 0 atom stereocenters. The molecule has 2 aromatic rings. The van der Waals surface area contributed by atoms with Crippen LogP contribution in [0.2, 0.25) is 0 Å². The number of thiophene rings is 1. The fourth-order valence-electron chi connectivity index (χ4n) is 2.74. The van der Waals surface area contributed by atoms with Crippen LogP contribution in [0.5, 0.6) is 0 Å². The summed E-state index contributed by atoms with van der Waals surface area (Å²) in [5, 5.41) is 12.1. The lowest BCUT2D eigenvalue weighted by Crippen LogP contribution is -2.63. The van der Waals surface area contributed by atoms with E-state index < -0.39 is 5.60 Å². The summed E-state index contributed by atoms with van der Waals surface area (Å²) in [5.41, 5.74) is 0.242. The van der Waals surface area contributed by atoms with Crippen LogP contribution in [0.1, 0.15) is 29.4 Å². The lowest BCUT2D eigenvalue weighted by Gasteiger charge is -2.46. The largest absolute Gasteiger partial charge is 0.386 e. The van der Waals surface area contributed by atoms with Crippen molar-refractivity contribution in [3.63, 3.8) is 0 Å². The maximum atomic E-state index is 12.5. The van der Waals surface area contributed by atoms with E-state index in [1.807, 2.05) is 47.5 Å². The van der Waals surface area contributed by atoms with Gasteiger partial charge in [0, 0.05) is 12.4 Å². The molecule has 3 heterocycles.